The van der Waals surface area contributed by atoms with Crippen LogP contribution >= 0.6 is 11.8 Å². The lowest BCUT2D eigenvalue weighted by Gasteiger charge is -2.13. The van der Waals surface area contributed by atoms with E-state index in [4.69, 9.17) is 0 Å². The van der Waals surface area contributed by atoms with Gasteiger partial charge in [0.05, 0.1) is 17.0 Å². The summed E-state index contributed by atoms with van der Waals surface area (Å²) < 4.78 is 1.89. The third kappa shape index (κ3) is 3.04. The van der Waals surface area contributed by atoms with Crippen molar-refractivity contribution in [2.24, 2.45) is 0 Å². The minimum atomic E-state index is -0.285. The van der Waals surface area contributed by atoms with Crippen LogP contribution in [0.2, 0.25) is 0 Å². The van der Waals surface area contributed by atoms with Crippen LogP contribution in [0.3, 0.4) is 0 Å². The highest BCUT2D eigenvalue weighted by atomic mass is 32.2. The summed E-state index contributed by atoms with van der Waals surface area (Å²) in [6, 6.07) is 10.5. The molecule has 3 heterocycles. The molecule has 0 fully saturated rings. The second-order valence-electron chi connectivity index (χ2n) is 5.80. The van der Waals surface area contributed by atoms with Gasteiger partial charge in [0.25, 0.3) is 11.8 Å². The van der Waals surface area contributed by atoms with Crippen LogP contribution in [0.1, 0.15) is 20.7 Å². The van der Waals surface area contributed by atoms with E-state index >= 15 is 0 Å². The molecule has 3 aromatic rings. The minimum absolute atomic E-state index is 0.165. The molecule has 2 amide bonds. The molecule has 0 N–H and O–H groups in total. The maximum atomic E-state index is 12.5. The zero-order valence-electron chi connectivity index (χ0n) is 14.3. The number of fused-ring (bicyclic) bond motifs is 1. The first-order valence-electron chi connectivity index (χ1n) is 8.23. The second-order valence-corrected chi connectivity index (χ2v) is 6.71. The molecule has 0 saturated carbocycles. The van der Waals surface area contributed by atoms with Crippen LogP contribution in [0.4, 0.5) is 0 Å². The van der Waals surface area contributed by atoms with E-state index in [1.54, 1.807) is 42.7 Å². The van der Waals surface area contributed by atoms with Gasteiger partial charge in [0.1, 0.15) is 0 Å². The Bertz CT molecular complexity index is 997. The van der Waals surface area contributed by atoms with Crippen molar-refractivity contribution in [1.82, 2.24) is 24.6 Å². The largest absolute Gasteiger partial charge is 0.298 e. The Morgan fingerprint density at radius 3 is 2.30 bits per heavy atom. The summed E-state index contributed by atoms with van der Waals surface area (Å²) >= 11 is 1.29. The third-order valence-corrected chi connectivity index (χ3v) is 5.12. The van der Waals surface area contributed by atoms with Crippen molar-refractivity contribution >= 4 is 23.6 Å². The lowest BCUT2D eigenvalue weighted by atomic mass is 10.1. The molecule has 134 valence electrons. The number of rotatable bonds is 6. The Balaban J connectivity index is 1.57. The molecule has 0 saturated heterocycles. The average Bonchev–Trinajstić information content (AvgIpc) is 3.21. The lowest BCUT2D eigenvalue weighted by Crippen LogP contribution is -2.29. The number of nitrogens with zero attached hydrogens (tertiary/aromatic N) is 5. The highest BCUT2D eigenvalue weighted by molar-refractivity contribution is 7.99. The van der Waals surface area contributed by atoms with Crippen molar-refractivity contribution < 1.29 is 9.59 Å². The number of allylic oxidation sites excluding steroid dienone is 1. The van der Waals surface area contributed by atoms with Crippen molar-refractivity contribution in [1.29, 1.82) is 0 Å². The fraction of sp³-hybridized carbons (Fsp3) is 0.105. The summed E-state index contributed by atoms with van der Waals surface area (Å²) in [6.45, 7) is 4.29. The van der Waals surface area contributed by atoms with E-state index < -0.39 is 0 Å². The number of carbonyl (C=O) groups excluding carboxylic acids is 2. The van der Waals surface area contributed by atoms with Gasteiger partial charge in [-0.3, -0.25) is 24.0 Å². The standard InChI is InChI=1S/C19H15N5O2S/c1-2-11-23-16(13-7-9-20-10-8-13)21-22-19(23)27-12-24-17(25)14-5-3-4-6-15(14)18(24)26/h2-10H,1,11-12H2. The quantitative estimate of drug-likeness (QED) is 0.373. The van der Waals surface area contributed by atoms with Gasteiger partial charge in [0.2, 0.25) is 0 Å². The molecule has 1 aliphatic rings. The van der Waals surface area contributed by atoms with E-state index in [0.29, 0.717) is 28.7 Å². The molecule has 1 aliphatic heterocycles. The number of hydrogen-bond donors (Lipinski definition) is 0. The SMILES string of the molecule is C=CCn1c(SCN2C(=O)c3ccccc3C2=O)nnc1-c1ccncc1. The van der Waals surface area contributed by atoms with Crippen LogP contribution in [0.5, 0.6) is 0 Å². The summed E-state index contributed by atoms with van der Waals surface area (Å²) in [5.74, 6) is 0.277. The first-order chi connectivity index (χ1) is 13.2. The molecule has 8 heteroatoms. The number of thioether (sulfide) groups is 1. The summed E-state index contributed by atoms with van der Waals surface area (Å²) in [4.78, 5) is 30.2. The molecule has 7 nitrogen and oxygen atoms in total. The van der Waals surface area contributed by atoms with Gasteiger partial charge in [-0.05, 0) is 24.3 Å². The van der Waals surface area contributed by atoms with Crippen molar-refractivity contribution in [3.8, 4) is 11.4 Å². The van der Waals surface area contributed by atoms with Gasteiger partial charge in [-0.15, -0.1) is 16.8 Å². The van der Waals surface area contributed by atoms with Gasteiger partial charge in [0.15, 0.2) is 11.0 Å². The number of aromatic nitrogens is 4. The van der Waals surface area contributed by atoms with Gasteiger partial charge < -0.3 is 0 Å². The van der Waals surface area contributed by atoms with Crippen molar-refractivity contribution in [3.63, 3.8) is 0 Å². The van der Waals surface area contributed by atoms with Crippen LogP contribution in [-0.2, 0) is 6.54 Å². The Morgan fingerprint density at radius 2 is 1.67 bits per heavy atom. The number of carbonyl (C=O) groups is 2. The van der Waals surface area contributed by atoms with E-state index in [1.165, 1.54) is 16.7 Å². The van der Waals surface area contributed by atoms with E-state index in [0.717, 1.165) is 5.56 Å². The normalized spacial score (nSPS) is 13.1. The molecule has 0 unspecified atom stereocenters. The topological polar surface area (TPSA) is 81.0 Å². The fourth-order valence-corrected chi connectivity index (χ4v) is 3.78. The molecule has 0 spiro atoms. The minimum Gasteiger partial charge on any atom is -0.298 e. The molecular weight excluding hydrogens is 362 g/mol. The summed E-state index contributed by atoms with van der Waals surface area (Å²) in [5, 5.41) is 9.10. The van der Waals surface area contributed by atoms with Crippen LogP contribution < -0.4 is 0 Å². The molecule has 0 aliphatic carbocycles. The Labute approximate surface area is 159 Å². The highest BCUT2D eigenvalue weighted by Gasteiger charge is 2.35. The van der Waals surface area contributed by atoms with Gasteiger partial charge in [-0.1, -0.05) is 30.0 Å². The van der Waals surface area contributed by atoms with Crippen LogP contribution in [0, 0.1) is 0 Å². The third-order valence-electron chi connectivity index (χ3n) is 4.17. The Hall–Kier alpha value is -3.26. The van der Waals surface area contributed by atoms with E-state index in [9.17, 15) is 9.59 Å². The molecule has 0 radical (unpaired) electrons. The van der Waals surface area contributed by atoms with Crippen molar-refractivity contribution in [3.05, 3.63) is 72.6 Å². The molecule has 0 bridgehead atoms. The number of pyridine rings is 1. The van der Waals surface area contributed by atoms with E-state index in [-0.39, 0.29) is 17.7 Å². The predicted molar refractivity (Wildman–Crippen MR) is 101 cm³/mol. The molecule has 27 heavy (non-hydrogen) atoms. The first-order valence-corrected chi connectivity index (χ1v) is 9.22. The van der Waals surface area contributed by atoms with Gasteiger partial charge >= 0.3 is 0 Å². The zero-order chi connectivity index (χ0) is 18.8. The first kappa shape index (κ1) is 17.2. The average molecular weight is 377 g/mol. The molecular formula is C19H15N5O2S. The molecule has 0 atom stereocenters. The van der Waals surface area contributed by atoms with Crippen molar-refractivity contribution in [2.75, 3.05) is 5.88 Å². The Morgan fingerprint density at radius 1 is 1.00 bits per heavy atom. The van der Waals surface area contributed by atoms with Gasteiger partial charge in [-0.2, -0.15) is 0 Å². The second kappa shape index (κ2) is 7.16. The monoisotopic (exact) mass is 377 g/mol. The number of imide groups is 1. The number of hydrogen-bond acceptors (Lipinski definition) is 6. The smallest absolute Gasteiger partial charge is 0.262 e. The summed E-state index contributed by atoms with van der Waals surface area (Å²) in [6.07, 6.45) is 5.13. The highest BCUT2D eigenvalue weighted by Crippen LogP contribution is 2.28. The Kier molecular flexibility index (Phi) is 4.55. The number of amides is 2. The van der Waals surface area contributed by atoms with Crippen molar-refractivity contribution in [2.45, 2.75) is 11.7 Å². The predicted octanol–water partition coefficient (Wildman–Crippen LogP) is 2.87. The lowest BCUT2D eigenvalue weighted by molar-refractivity contribution is 0.0684. The van der Waals surface area contributed by atoms with E-state index in [1.807, 2.05) is 16.7 Å². The maximum absolute atomic E-state index is 12.5. The number of benzene rings is 1. The van der Waals surface area contributed by atoms with Crippen LogP contribution in [-0.4, -0.2) is 42.3 Å². The van der Waals surface area contributed by atoms with E-state index in [2.05, 4.69) is 21.8 Å². The molecule has 4 rings (SSSR count). The fourth-order valence-electron chi connectivity index (χ4n) is 2.88. The zero-order valence-corrected chi connectivity index (χ0v) is 15.1. The maximum Gasteiger partial charge on any atom is 0.262 e. The van der Waals surface area contributed by atoms with Gasteiger partial charge in [-0.25, -0.2) is 0 Å². The van der Waals surface area contributed by atoms with Crippen LogP contribution in [0.25, 0.3) is 11.4 Å². The summed E-state index contributed by atoms with van der Waals surface area (Å²) in [7, 11) is 0. The molecule has 2 aromatic heterocycles. The summed E-state index contributed by atoms with van der Waals surface area (Å²) in [5.41, 5.74) is 1.76. The molecule has 1 aromatic carbocycles. The van der Waals surface area contributed by atoms with Gasteiger partial charge in [0, 0.05) is 24.5 Å². The van der Waals surface area contributed by atoms with Crippen LogP contribution in [0.15, 0.2) is 66.6 Å².